The minimum Gasteiger partial charge on any atom is -0.384 e. The summed E-state index contributed by atoms with van der Waals surface area (Å²) in [6.45, 7) is 1.95. The fourth-order valence-corrected chi connectivity index (χ4v) is 5.04. The van der Waals surface area contributed by atoms with Crippen molar-refractivity contribution in [3.05, 3.63) is 80.9 Å². The van der Waals surface area contributed by atoms with Crippen LogP contribution in [0.3, 0.4) is 0 Å². The van der Waals surface area contributed by atoms with Crippen LogP contribution in [0.2, 0.25) is 10.2 Å². The lowest BCUT2D eigenvalue weighted by Gasteiger charge is -2.15. The first-order valence-corrected chi connectivity index (χ1v) is 11.9. The molecule has 1 aliphatic rings. The quantitative estimate of drug-likeness (QED) is 0.328. The number of benzene rings is 1. The maximum Gasteiger partial charge on any atom is 0.254 e. The normalized spacial score (nSPS) is 16.8. The zero-order valence-corrected chi connectivity index (χ0v) is 20.6. The Balaban J connectivity index is 1.44. The number of nitrogens with zero attached hydrogens (tertiary/aromatic N) is 8. The van der Waals surface area contributed by atoms with Crippen LogP contribution in [0.1, 0.15) is 37.0 Å². The molecule has 0 unspecified atom stereocenters. The number of rotatable bonds is 4. The summed E-state index contributed by atoms with van der Waals surface area (Å²) >= 11 is 12.3. The van der Waals surface area contributed by atoms with Crippen LogP contribution in [0.25, 0.3) is 28.2 Å². The monoisotopic (exact) mass is 538 g/mol. The summed E-state index contributed by atoms with van der Waals surface area (Å²) in [5.41, 5.74) is 7.07. The second-order valence-electron chi connectivity index (χ2n) is 8.63. The number of hydrogen-bond acceptors (Lipinski definition) is 8. The molecule has 0 aliphatic carbocycles. The number of fused-ring (bicyclic) bond motifs is 1. The Labute approximate surface area is 218 Å². The van der Waals surface area contributed by atoms with E-state index in [2.05, 4.69) is 30.5 Å². The standard InChI is InChI=1S/C23H17Cl2FN10O/c1-10-6-16(22-28-8-14(30-22)11-2-5-17(27)32-21(11)25)36-18(37)7-13(31-23(10)36)19-15(35-9-29-33-34-35)4-3-12(24)20(19)26/h2-5,7-10,16H,6H2,1H3,(H2,27,32)(H,28,30)/t10-,16-/m0/s1. The molecule has 0 saturated carbocycles. The van der Waals surface area contributed by atoms with E-state index in [1.54, 1.807) is 29.0 Å². The summed E-state index contributed by atoms with van der Waals surface area (Å²) < 4.78 is 18.1. The predicted octanol–water partition coefficient (Wildman–Crippen LogP) is 3.80. The number of imidazole rings is 1. The van der Waals surface area contributed by atoms with Crippen molar-refractivity contribution in [3.8, 4) is 28.2 Å². The lowest BCUT2D eigenvalue weighted by atomic mass is 10.1. The van der Waals surface area contributed by atoms with Gasteiger partial charge < -0.3 is 10.7 Å². The number of halogens is 3. The van der Waals surface area contributed by atoms with Crippen LogP contribution in [0.5, 0.6) is 0 Å². The Morgan fingerprint density at radius 1 is 1.19 bits per heavy atom. The van der Waals surface area contributed by atoms with E-state index in [0.29, 0.717) is 40.8 Å². The summed E-state index contributed by atoms with van der Waals surface area (Å²) in [5.74, 6) is 0.526. The maximum atomic E-state index is 15.3. The maximum absolute atomic E-state index is 15.3. The smallest absolute Gasteiger partial charge is 0.254 e. The van der Waals surface area contributed by atoms with Gasteiger partial charge in [0.25, 0.3) is 5.56 Å². The SMILES string of the molecule is C[C@H]1C[C@@H](c2ncc(-c3ccc(N)nc3Cl)[nH]2)n2c1nc(-c1c(-n3cnnn3)ccc(Cl)c1F)cc2=O. The topological polar surface area (TPSA) is 146 Å². The highest BCUT2D eigenvalue weighted by Gasteiger charge is 2.34. The average Bonchev–Trinajstić information content (AvgIpc) is 3.62. The van der Waals surface area contributed by atoms with E-state index in [1.165, 1.54) is 23.1 Å². The molecular formula is C23H17Cl2FN10O. The molecule has 1 aliphatic heterocycles. The molecule has 4 aromatic heterocycles. The molecule has 37 heavy (non-hydrogen) atoms. The van der Waals surface area contributed by atoms with E-state index >= 15 is 4.39 Å². The highest BCUT2D eigenvalue weighted by atomic mass is 35.5. The molecule has 5 aromatic rings. The van der Waals surface area contributed by atoms with Crippen LogP contribution in [0.15, 0.2) is 47.7 Å². The minimum absolute atomic E-state index is 0.0294. The molecule has 5 heterocycles. The largest absolute Gasteiger partial charge is 0.384 e. The number of tetrazole rings is 1. The van der Waals surface area contributed by atoms with E-state index in [1.807, 2.05) is 6.92 Å². The summed E-state index contributed by atoms with van der Waals surface area (Å²) in [6, 6.07) is 7.22. The second kappa shape index (κ2) is 8.75. The molecule has 0 radical (unpaired) electrons. The van der Waals surface area contributed by atoms with Gasteiger partial charge in [-0.1, -0.05) is 30.1 Å². The van der Waals surface area contributed by atoms with Gasteiger partial charge in [-0.25, -0.2) is 19.3 Å². The molecule has 0 fully saturated rings. The highest BCUT2D eigenvalue weighted by molar-refractivity contribution is 6.32. The van der Waals surface area contributed by atoms with E-state index in [0.717, 1.165) is 0 Å². The second-order valence-corrected chi connectivity index (χ2v) is 9.39. The van der Waals surface area contributed by atoms with Crippen molar-refractivity contribution in [2.24, 2.45) is 0 Å². The Kier molecular flexibility index (Phi) is 5.50. The number of nitrogen functional groups attached to an aromatic ring is 1. The molecule has 1 aromatic carbocycles. The number of nitrogens with one attached hydrogen (secondary N) is 1. The number of aromatic nitrogens is 9. The van der Waals surface area contributed by atoms with Crippen molar-refractivity contribution in [2.45, 2.75) is 25.3 Å². The highest BCUT2D eigenvalue weighted by Crippen LogP contribution is 2.39. The Morgan fingerprint density at radius 2 is 2.03 bits per heavy atom. The predicted molar refractivity (Wildman–Crippen MR) is 134 cm³/mol. The minimum atomic E-state index is -0.724. The number of nitrogens with two attached hydrogens (primary N) is 1. The molecule has 0 bridgehead atoms. The first-order valence-electron chi connectivity index (χ1n) is 11.1. The zero-order chi connectivity index (χ0) is 25.8. The van der Waals surface area contributed by atoms with Crippen molar-refractivity contribution >= 4 is 29.0 Å². The van der Waals surface area contributed by atoms with Gasteiger partial charge in [-0.2, -0.15) is 4.68 Å². The van der Waals surface area contributed by atoms with E-state index in [9.17, 15) is 4.79 Å². The fraction of sp³-hybridized carbons (Fsp3) is 0.174. The molecular weight excluding hydrogens is 522 g/mol. The van der Waals surface area contributed by atoms with Crippen molar-refractivity contribution < 1.29 is 4.39 Å². The van der Waals surface area contributed by atoms with Crippen molar-refractivity contribution in [2.75, 3.05) is 5.73 Å². The van der Waals surface area contributed by atoms with Gasteiger partial charge in [0.15, 0.2) is 5.82 Å². The van der Waals surface area contributed by atoms with E-state index in [4.69, 9.17) is 33.9 Å². The molecule has 6 rings (SSSR count). The number of H-pyrrole nitrogens is 1. The Morgan fingerprint density at radius 3 is 2.78 bits per heavy atom. The average molecular weight is 539 g/mol. The summed E-state index contributed by atoms with van der Waals surface area (Å²) in [7, 11) is 0. The molecule has 14 heteroatoms. The molecule has 3 N–H and O–H groups in total. The van der Waals surface area contributed by atoms with Crippen molar-refractivity contribution in [3.63, 3.8) is 0 Å². The third-order valence-corrected chi connectivity index (χ3v) is 6.89. The molecule has 0 spiro atoms. The van der Waals surface area contributed by atoms with Gasteiger partial charge in [0.05, 0.1) is 39.9 Å². The summed E-state index contributed by atoms with van der Waals surface area (Å²) in [5, 5.41) is 11.2. The molecule has 0 saturated heterocycles. The zero-order valence-electron chi connectivity index (χ0n) is 19.1. The van der Waals surface area contributed by atoms with Crippen molar-refractivity contribution in [1.82, 2.24) is 44.7 Å². The van der Waals surface area contributed by atoms with Crippen molar-refractivity contribution in [1.29, 1.82) is 0 Å². The lowest BCUT2D eigenvalue weighted by molar-refractivity contribution is 0.555. The number of pyridine rings is 1. The van der Waals surface area contributed by atoms with Crippen LogP contribution in [-0.2, 0) is 0 Å². The van der Waals surface area contributed by atoms with Crippen LogP contribution < -0.4 is 11.3 Å². The van der Waals surface area contributed by atoms with Crippen LogP contribution >= 0.6 is 23.2 Å². The Hall–Kier alpha value is -4.16. The first kappa shape index (κ1) is 23.3. The fourth-order valence-electron chi connectivity index (χ4n) is 4.62. The van der Waals surface area contributed by atoms with E-state index < -0.39 is 11.9 Å². The number of anilines is 1. The van der Waals surface area contributed by atoms with E-state index in [-0.39, 0.29) is 32.9 Å². The third-order valence-electron chi connectivity index (χ3n) is 6.31. The lowest BCUT2D eigenvalue weighted by Crippen LogP contribution is -2.25. The Bertz CT molecular complexity index is 1720. The van der Waals surface area contributed by atoms with Gasteiger partial charge in [-0.15, -0.1) is 5.10 Å². The molecule has 2 atom stereocenters. The van der Waals surface area contributed by atoms with Gasteiger partial charge in [-0.3, -0.25) is 9.36 Å². The van der Waals surface area contributed by atoms with Gasteiger partial charge >= 0.3 is 0 Å². The third kappa shape index (κ3) is 3.85. The van der Waals surface area contributed by atoms with Crippen LogP contribution in [0.4, 0.5) is 10.2 Å². The first-order chi connectivity index (χ1) is 17.8. The van der Waals surface area contributed by atoms with Crippen LogP contribution in [-0.4, -0.2) is 44.7 Å². The van der Waals surface area contributed by atoms with Crippen LogP contribution in [0, 0.1) is 5.82 Å². The molecule has 11 nitrogen and oxygen atoms in total. The van der Waals surface area contributed by atoms with Gasteiger partial charge in [-0.05, 0) is 41.1 Å². The van der Waals surface area contributed by atoms with Gasteiger partial charge in [0.2, 0.25) is 0 Å². The summed E-state index contributed by atoms with van der Waals surface area (Å²) in [4.78, 5) is 29.9. The summed E-state index contributed by atoms with van der Waals surface area (Å²) in [6.07, 6.45) is 3.51. The van der Waals surface area contributed by atoms with Gasteiger partial charge in [0.1, 0.15) is 28.9 Å². The molecule has 186 valence electrons. The molecule has 0 amide bonds. The number of hydrogen-bond donors (Lipinski definition) is 2. The van der Waals surface area contributed by atoms with Gasteiger partial charge in [0, 0.05) is 17.5 Å². The number of aromatic amines is 1.